The number of aromatic nitrogens is 2. The smallest absolute Gasteiger partial charge is 0.356 e. The van der Waals surface area contributed by atoms with E-state index in [-0.39, 0.29) is 16.3 Å². The number of aromatic carboxylic acids is 1. The highest BCUT2D eigenvalue weighted by molar-refractivity contribution is 7.94. The molecule has 2 aromatic carbocycles. The second-order valence-electron chi connectivity index (χ2n) is 5.67. The number of nitrogens with one attached hydrogen (secondary N) is 1. The molecule has 0 aliphatic rings. The van der Waals surface area contributed by atoms with E-state index in [1.807, 2.05) is 0 Å². The molecule has 0 saturated heterocycles. The van der Waals surface area contributed by atoms with Crippen LogP contribution in [0, 0.1) is 0 Å². The van der Waals surface area contributed by atoms with E-state index >= 15 is 0 Å². The van der Waals surface area contributed by atoms with Gasteiger partial charge in [-0.1, -0.05) is 5.04 Å². The zero-order valence-corrected chi connectivity index (χ0v) is 16.7. The predicted octanol–water partition coefficient (Wildman–Crippen LogP) is 2.95. The van der Waals surface area contributed by atoms with Gasteiger partial charge in [-0.25, -0.2) is 14.7 Å². The number of hydrogen-bond acceptors (Lipinski definition) is 10. The molecule has 0 fully saturated rings. The number of azo groups is 1. The van der Waals surface area contributed by atoms with E-state index in [1.54, 1.807) is 0 Å². The topological polar surface area (TPSA) is 193 Å². The summed E-state index contributed by atoms with van der Waals surface area (Å²) in [6.07, 6.45) is 0. The summed E-state index contributed by atoms with van der Waals surface area (Å²) in [5.74, 6) is -1.45. The lowest BCUT2D eigenvalue weighted by Gasteiger charge is -2.02. The molecule has 0 bridgehead atoms. The maximum absolute atomic E-state index is 12.7. The minimum Gasteiger partial charge on any atom is -0.476 e. The van der Waals surface area contributed by atoms with Crippen LogP contribution in [-0.4, -0.2) is 39.1 Å². The van der Waals surface area contributed by atoms with Crippen molar-refractivity contribution in [3.05, 3.63) is 64.6 Å². The Hall–Kier alpha value is -3.34. The molecule has 0 aliphatic heterocycles. The quantitative estimate of drug-likeness (QED) is 0.125. The molecule has 0 saturated carbocycles. The first kappa shape index (κ1) is 22.3. The number of carbonyl (C=O) groups is 1. The van der Waals surface area contributed by atoms with Crippen molar-refractivity contribution in [1.82, 2.24) is 9.78 Å². The molecule has 0 aliphatic carbocycles. The van der Waals surface area contributed by atoms with E-state index in [2.05, 4.69) is 24.7 Å². The van der Waals surface area contributed by atoms with Crippen LogP contribution in [-0.2, 0) is 19.5 Å². The molecule has 1 aromatic heterocycles. The Kier molecular flexibility index (Phi) is 6.64. The fourth-order valence-corrected chi connectivity index (χ4v) is 3.19. The molecular formula is C16H12N4O9S2. The molecule has 3 aromatic rings. The number of hydrogen-bond donors (Lipinski definition) is 4. The van der Waals surface area contributed by atoms with Crippen molar-refractivity contribution in [3.63, 3.8) is 0 Å². The third-order valence-corrected chi connectivity index (χ3v) is 5.20. The van der Waals surface area contributed by atoms with Gasteiger partial charge in [-0.3, -0.25) is 14.4 Å². The largest absolute Gasteiger partial charge is 0.476 e. The average Bonchev–Trinajstić information content (AvgIpc) is 3.07. The SMILES string of the molecule is O=C(O)c1[nH]n(-c2ccc(SOOO)cc2)c(=O)c1N=Nc1ccc(S(=O)(=O)O)cc1. The highest BCUT2D eigenvalue weighted by atomic mass is 32.2. The summed E-state index contributed by atoms with van der Waals surface area (Å²) >= 11 is 0.699. The van der Waals surface area contributed by atoms with Gasteiger partial charge in [0.15, 0.2) is 11.4 Å². The van der Waals surface area contributed by atoms with E-state index in [0.29, 0.717) is 16.9 Å². The lowest BCUT2D eigenvalue weighted by molar-refractivity contribution is -0.432. The molecule has 0 atom stereocenters. The molecule has 0 spiro atoms. The van der Waals surface area contributed by atoms with Crippen molar-refractivity contribution in [2.45, 2.75) is 9.79 Å². The number of H-pyrrole nitrogens is 1. The van der Waals surface area contributed by atoms with Crippen LogP contribution in [0.25, 0.3) is 5.69 Å². The summed E-state index contributed by atoms with van der Waals surface area (Å²) in [5.41, 5.74) is -1.41. The number of rotatable bonds is 8. The standard InChI is InChI=1S/C16H12N4O9S2/c21-15-13(18-17-9-1-7-12(8-2-9)31(25,26)27)14(16(22)23)19-20(15)10-3-5-11(6-4-10)30-29-28-24/h1-8,19,24H,(H,22,23)(H,25,26,27). The summed E-state index contributed by atoms with van der Waals surface area (Å²) in [7, 11) is -4.38. The third-order valence-electron chi connectivity index (χ3n) is 3.74. The molecule has 31 heavy (non-hydrogen) atoms. The second-order valence-corrected chi connectivity index (χ2v) is 7.87. The van der Waals surface area contributed by atoms with Crippen LogP contribution in [0.3, 0.4) is 0 Å². The zero-order chi connectivity index (χ0) is 22.6. The Morgan fingerprint density at radius 3 is 2.26 bits per heavy atom. The fourth-order valence-electron chi connectivity index (χ4n) is 2.35. The lowest BCUT2D eigenvalue weighted by Crippen LogP contribution is -2.13. The van der Waals surface area contributed by atoms with Gasteiger partial charge in [-0.2, -0.15) is 13.5 Å². The van der Waals surface area contributed by atoms with Crippen molar-refractivity contribution in [2.75, 3.05) is 0 Å². The van der Waals surface area contributed by atoms with Crippen LogP contribution >= 0.6 is 12.0 Å². The Morgan fingerprint density at radius 2 is 1.71 bits per heavy atom. The molecule has 0 unspecified atom stereocenters. The van der Waals surface area contributed by atoms with E-state index < -0.39 is 33.0 Å². The minimum absolute atomic E-state index is 0.114. The van der Waals surface area contributed by atoms with Crippen LogP contribution in [0.4, 0.5) is 11.4 Å². The summed E-state index contributed by atoms with van der Waals surface area (Å²) in [5, 5.41) is 30.9. The van der Waals surface area contributed by atoms with E-state index in [4.69, 9.17) is 9.81 Å². The van der Waals surface area contributed by atoms with Crippen LogP contribution in [0.15, 0.2) is 73.3 Å². The number of aromatic amines is 1. The highest BCUT2D eigenvalue weighted by Crippen LogP contribution is 2.23. The average molecular weight is 468 g/mol. The van der Waals surface area contributed by atoms with Crippen molar-refractivity contribution in [1.29, 1.82) is 0 Å². The number of nitrogens with zero attached hydrogens (tertiary/aromatic N) is 3. The first-order valence-electron chi connectivity index (χ1n) is 8.03. The molecule has 15 heteroatoms. The van der Waals surface area contributed by atoms with Gasteiger partial charge in [0.1, 0.15) is 0 Å². The summed E-state index contributed by atoms with van der Waals surface area (Å²) in [4.78, 5) is 24.4. The van der Waals surface area contributed by atoms with E-state index in [1.165, 1.54) is 36.4 Å². The fraction of sp³-hybridized carbons (Fsp3) is 0. The van der Waals surface area contributed by atoms with Crippen molar-refractivity contribution < 1.29 is 37.5 Å². The predicted molar refractivity (Wildman–Crippen MR) is 104 cm³/mol. The monoisotopic (exact) mass is 468 g/mol. The van der Waals surface area contributed by atoms with Crippen LogP contribution in [0.1, 0.15) is 10.5 Å². The number of carboxylic acids is 1. The van der Waals surface area contributed by atoms with Gasteiger partial charge in [-0.15, -0.1) is 9.45 Å². The Balaban J connectivity index is 1.94. The summed E-state index contributed by atoms with van der Waals surface area (Å²) in [6.45, 7) is 0. The van der Waals surface area contributed by atoms with E-state index in [9.17, 15) is 23.1 Å². The van der Waals surface area contributed by atoms with Gasteiger partial charge in [0.2, 0.25) is 0 Å². The van der Waals surface area contributed by atoms with Gasteiger partial charge >= 0.3 is 5.97 Å². The van der Waals surface area contributed by atoms with Crippen LogP contribution in [0.2, 0.25) is 0 Å². The van der Waals surface area contributed by atoms with Crippen molar-refractivity contribution in [2.24, 2.45) is 10.2 Å². The second kappa shape index (κ2) is 9.21. The normalized spacial score (nSPS) is 11.8. The molecule has 1 heterocycles. The third kappa shape index (κ3) is 5.23. The molecule has 13 nitrogen and oxygen atoms in total. The molecule has 3 rings (SSSR count). The minimum atomic E-state index is -4.38. The van der Waals surface area contributed by atoms with Crippen LogP contribution < -0.4 is 5.56 Å². The number of benzene rings is 2. The lowest BCUT2D eigenvalue weighted by atomic mass is 10.3. The molecule has 0 amide bonds. The van der Waals surface area contributed by atoms with Gasteiger partial charge in [0.25, 0.3) is 15.7 Å². The molecule has 0 radical (unpaired) electrons. The summed E-state index contributed by atoms with van der Waals surface area (Å²) in [6, 6.07) is 10.6. The molecule has 4 N–H and O–H groups in total. The van der Waals surface area contributed by atoms with E-state index in [0.717, 1.165) is 16.8 Å². The maximum atomic E-state index is 12.7. The van der Waals surface area contributed by atoms with Gasteiger partial charge in [0, 0.05) is 4.90 Å². The zero-order valence-electron chi connectivity index (χ0n) is 15.1. The Morgan fingerprint density at radius 1 is 1.06 bits per heavy atom. The Labute approximate surface area is 177 Å². The maximum Gasteiger partial charge on any atom is 0.356 e. The van der Waals surface area contributed by atoms with Crippen LogP contribution in [0.5, 0.6) is 0 Å². The summed E-state index contributed by atoms with van der Waals surface area (Å²) < 4.78 is 36.3. The van der Waals surface area contributed by atoms with Crippen molar-refractivity contribution in [3.8, 4) is 5.69 Å². The Bertz CT molecular complexity index is 1280. The first-order valence-corrected chi connectivity index (χ1v) is 10.2. The van der Waals surface area contributed by atoms with Gasteiger partial charge in [-0.05, 0) is 48.5 Å². The molecular weight excluding hydrogens is 456 g/mol. The highest BCUT2D eigenvalue weighted by Gasteiger charge is 2.21. The van der Waals surface area contributed by atoms with Gasteiger partial charge in [0.05, 0.1) is 28.3 Å². The first-order chi connectivity index (χ1) is 14.7. The van der Waals surface area contributed by atoms with Gasteiger partial charge < -0.3 is 5.11 Å². The number of carboxylic acid groups (broad SMARTS) is 1. The van der Waals surface area contributed by atoms with Crippen molar-refractivity contribution >= 4 is 39.5 Å². The molecule has 162 valence electrons.